The van der Waals surface area contributed by atoms with E-state index in [9.17, 15) is 26.4 Å². The van der Waals surface area contributed by atoms with E-state index in [4.69, 9.17) is 16.3 Å². The van der Waals surface area contributed by atoms with Gasteiger partial charge in [-0.15, -0.1) is 0 Å². The molecule has 0 aromatic heterocycles. The highest BCUT2D eigenvalue weighted by atomic mass is 35.5. The molecule has 0 atom stereocenters. The summed E-state index contributed by atoms with van der Waals surface area (Å²) in [6, 6.07) is 5.87. The lowest BCUT2D eigenvalue weighted by Crippen LogP contribution is -2.15. The van der Waals surface area contributed by atoms with Crippen LogP contribution in [-0.4, -0.2) is 21.4 Å². The van der Waals surface area contributed by atoms with E-state index in [-0.39, 0.29) is 21.4 Å². The number of methoxy groups -OCH3 is 1. The fourth-order valence-corrected chi connectivity index (χ4v) is 3.44. The van der Waals surface area contributed by atoms with Crippen molar-refractivity contribution in [2.75, 3.05) is 17.1 Å². The fraction of sp³-hybridized carbons (Fsp3) is 0.188. The molecule has 0 spiro atoms. The first-order valence-corrected chi connectivity index (χ1v) is 9.15. The maximum absolute atomic E-state index is 12.8. The van der Waals surface area contributed by atoms with Crippen molar-refractivity contribution < 1.29 is 31.1 Å². The van der Waals surface area contributed by atoms with Gasteiger partial charge in [-0.05, 0) is 36.4 Å². The number of halogens is 4. The molecule has 146 valence electrons. The first-order valence-electron chi connectivity index (χ1n) is 7.29. The molecule has 27 heavy (non-hydrogen) atoms. The number of sulfonamides is 1. The van der Waals surface area contributed by atoms with Crippen LogP contribution < -0.4 is 14.8 Å². The van der Waals surface area contributed by atoms with Crippen molar-refractivity contribution >= 4 is 38.9 Å². The number of hydrogen-bond donors (Lipinski definition) is 2. The van der Waals surface area contributed by atoms with Crippen molar-refractivity contribution in [3.63, 3.8) is 0 Å². The van der Waals surface area contributed by atoms with Gasteiger partial charge in [0.2, 0.25) is 5.91 Å². The van der Waals surface area contributed by atoms with E-state index in [1.807, 2.05) is 4.72 Å². The van der Waals surface area contributed by atoms with Gasteiger partial charge < -0.3 is 10.1 Å². The Balaban J connectivity index is 2.44. The minimum atomic E-state index is -4.66. The zero-order valence-electron chi connectivity index (χ0n) is 14.0. The van der Waals surface area contributed by atoms with E-state index in [1.165, 1.54) is 26.2 Å². The Kier molecular flexibility index (Phi) is 5.91. The van der Waals surface area contributed by atoms with Gasteiger partial charge in [-0.3, -0.25) is 9.52 Å². The Morgan fingerprint density at radius 3 is 2.33 bits per heavy atom. The highest BCUT2D eigenvalue weighted by Crippen LogP contribution is 2.35. The highest BCUT2D eigenvalue weighted by molar-refractivity contribution is 7.92. The third kappa shape index (κ3) is 5.04. The second kappa shape index (κ2) is 7.65. The molecule has 6 nitrogen and oxygen atoms in total. The molecule has 0 bridgehead atoms. The molecule has 0 fully saturated rings. The lowest BCUT2D eigenvalue weighted by Gasteiger charge is -2.14. The van der Waals surface area contributed by atoms with Crippen molar-refractivity contribution in [2.24, 2.45) is 0 Å². The van der Waals surface area contributed by atoms with Gasteiger partial charge in [0, 0.05) is 6.92 Å². The summed E-state index contributed by atoms with van der Waals surface area (Å²) >= 11 is 5.82. The van der Waals surface area contributed by atoms with Gasteiger partial charge >= 0.3 is 6.18 Å². The van der Waals surface area contributed by atoms with Gasteiger partial charge in [0.25, 0.3) is 10.0 Å². The molecule has 0 aliphatic carbocycles. The summed E-state index contributed by atoms with van der Waals surface area (Å²) in [4.78, 5) is 10.9. The molecule has 1 amide bonds. The van der Waals surface area contributed by atoms with Crippen molar-refractivity contribution in [3.8, 4) is 5.75 Å². The van der Waals surface area contributed by atoms with Crippen molar-refractivity contribution in [1.82, 2.24) is 0 Å². The average Bonchev–Trinajstić information content (AvgIpc) is 2.55. The van der Waals surface area contributed by atoms with E-state index in [0.29, 0.717) is 6.07 Å². The average molecular weight is 423 g/mol. The summed E-state index contributed by atoms with van der Waals surface area (Å²) in [5.41, 5.74) is -1.40. The number of nitrogens with one attached hydrogen (secondary N) is 2. The Morgan fingerprint density at radius 2 is 1.78 bits per heavy atom. The quantitative estimate of drug-likeness (QED) is 0.758. The van der Waals surface area contributed by atoms with Gasteiger partial charge in [-0.2, -0.15) is 13.2 Å². The van der Waals surface area contributed by atoms with Gasteiger partial charge in [0.05, 0.1) is 34.0 Å². The summed E-state index contributed by atoms with van der Waals surface area (Å²) in [7, 11) is -2.96. The van der Waals surface area contributed by atoms with Crippen LogP contribution in [0.5, 0.6) is 5.75 Å². The van der Waals surface area contributed by atoms with Crippen LogP contribution in [0.2, 0.25) is 5.02 Å². The largest absolute Gasteiger partial charge is 0.495 e. The smallest absolute Gasteiger partial charge is 0.416 e. The Labute approximate surface area is 158 Å². The number of anilines is 2. The zero-order valence-corrected chi connectivity index (χ0v) is 15.6. The standard InChI is InChI=1S/C16H14ClF3N2O4S/c1-9(23)21-14-8-11(4-6-15(14)26-2)27(24,25)22-13-7-10(16(18,19)20)3-5-12(13)17/h3-8,22H,1-2H3,(H,21,23). The maximum atomic E-state index is 12.8. The summed E-state index contributed by atoms with van der Waals surface area (Å²) in [5.74, 6) is -0.252. The molecule has 2 aromatic carbocycles. The molecule has 0 aliphatic rings. The van der Waals surface area contributed by atoms with E-state index >= 15 is 0 Å². The molecular formula is C16H14ClF3N2O4S. The minimum absolute atomic E-state index is 0.0861. The van der Waals surface area contributed by atoms with Crippen molar-refractivity contribution in [2.45, 2.75) is 18.0 Å². The molecule has 2 aromatic rings. The number of ether oxygens (including phenoxy) is 1. The molecule has 0 heterocycles. The molecular weight excluding hydrogens is 409 g/mol. The van der Waals surface area contributed by atoms with Gasteiger partial charge in [-0.25, -0.2) is 8.42 Å². The minimum Gasteiger partial charge on any atom is -0.495 e. The van der Waals surface area contributed by atoms with Crippen LogP contribution in [0.15, 0.2) is 41.3 Å². The van der Waals surface area contributed by atoms with E-state index in [0.717, 1.165) is 18.2 Å². The molecule has 0 saturated heterocycles. The van der Waals surface area contributed by atoms with Gasteiger partial charge in [-0.1, -0.05) is 11.6 Å². The number of hydrogen-bond acceptors (Lipinski definition) is 4. The number of benzene rings is 2. The van der Waals surface area contributed by atoms with Gasteiger partial charge in [0.1, 0.15) is 5.75 Å². The second-order valence-electron chi connectivity index (χ2n) is 5.34. The molecule has 2 N–H and O–H groups in total. The predicted octanol–water partition coefficient (Wildman–Crippen LogP) is 4.13. The van der Waals surface area contributed by atoms with Crippen molar-refractivity contribution in [3.05, 3.63) is 47.0 Å². The fourth-order valence-electron chi connectivity index (χ4n) is 2.13. The summed E-state index contributed by atoms with van der Waals surface area (Å²) in [5, 5.41) is 2.20. The van der Waals surface area contributed by atoms with E-state index in [2.05, 4.69) is 5.32 Å². The molecule has 0 aliphatic heterocycles. The predicted molar refractivity (Wildman–Crippen MR) is 94.6 cm³/mol. The maximum Gasteiger partial charge on any atom is 0.416 e. The first-order chi connectivity index (χ1) is 12.4. The lowest BCUT2D eigenvalue weighted by atomic mass is 10.2. The monoisotopic (exact) mass is 422 g/mol. The number of carbonyl (C=O) groups excluding carboxylic acids is 1. The Bertz CT molecular complexity index is 978. The summed E-state index contributed by atoms with van der Waals surface area (Å²) in [6.07, 6.45) is -4.66. The highest BCUT2D eigenvalue weighted by Gasteiger charge is 2.31. The summed E-state index contributed by atoms with van der Waals surface area (Å²) < 4.78 is 70.7. The van der Waals surface area contributed by atoms with Crippen LogP contribution in [0.25, 0.3) is 0 Å². The molecule has 2 rings (SSSR count). The molecule has 0 saturated carbocycles. The van der Waals surface area contributed by atoms with Crippen molar-refractivity contribution in [1.29, 1.82) is 0 Å². The lowest BCUT2D eigenvalue weighted by molar-refractivity contribution is -0.137. The molecule has 0 radical (unpaired) electrons. The number of amides is 1. The first kappa shape index (κ1) is 20.8. The topological polar surface area (TPSA) is 84.5 Å². The second-order valence-corrected chi connectivity index (χ2v) is 7.43. The third-order valence-electron chi connectivity index (χ3n) is 3.33. The van der Waals surface area contributed by atoms with Crippen LogP contribution in [-0.2, 0) is 21.0 Å². The van der Waals surface area contributed by atoms with E-state index in [1.54, 1.807) is 0 Å². The Hall–Kier alpha value is -2.46. The Morgan fingerprint density at radius 1 is 1.11 bits per heavy atom. The molecule has 0 unspecified atom stereocenters. The zero-order chi connectivity index (χ0) is 20.4. The van der Waals surface area contributed by atoms with Crippen LogP contribution in [0.3, 0.4) is 0 Å². The number of alkyl halides is 3. The SMILES string of the molecule is COc1ccc(S(=O)(=O)Nc2cc(C(F)(F)F)ccc2Cl)cc1NC(C)=O. The van der Waals surface area contributed by atoms with E-state index < -0.39 is 33.4 Å². The summed E-state index contributed by atoms with van der Waals surface area (Å²) in [6.45, 7) is 1.22. The normalized spacial score (nSPS) is 11.8. The molecule has 11 heteroatoms. The number of carbonyl (C=O) groups is 1. The van der Waals surface area contributed by atoms with Crippen LogP contribution in [0.4, 0.5) is 24.5 Å². The van der Waals surface area contributed by atoms with Crippen LogP contribution >= 0.6 is 11.6 Å². The van der Waals surface area contributed by atoms with Crippen LogP contribution in [0.1, 0.15) is 12.5 Å². The number of rotatable bonds is 5. The van der Waals surface area contributed by atoms with Crippen LogP contribution in [0, 0.1) is 0 Å². The van der Waals surface area contributed by atoms with Gasteiger partial charge in [0.15, 0.2) is 0 Å². The third-order valence-corrected chi connectivity index (χ3v) is 5.02.